The van der Waals surface area contributed by atoms with Crippen LogP contribution in [0.25, 0.3) is 71.0 Å². The summed E-state index contributed by atoms with van der Waals surface area (Å²) in [6.07, 6.45) is 0. The van der Waals surface area contributed by atoms with Crippen molar-refractivity contribution < 1.29 is 0 Å². The number of para-hydroxylation sites is 4. The van der Waals surface area contributed by atoms with Crippen LogP contribution in [0.2, 0.25) is 0 Å². The Balaban J connectivity index is 1.09. The maximum atomic E-state index is 10.5. The van der Waals surface area contributed by atoms with Crippen LogP contribution in [0.4, 0.5) is 22.7 Å². The number of nitriles is 1. The van der Waals surface area contributed by atoms with Gasteiger partial charge in [-0.3, -0.25) is 0 Å². The molecule has 0 N–H and O–H groups in total. The fourth-order valence-electron chi connectivity index (χ4n) is 8.32. The number of anilines is 3. The Hall–Kier alpha value is -7.86. The topological polar surface area (TPSA) is 41.2 Å². The third kappa shape index (κ3) is 5.22. The molecule has 0 bridgehead atoms. The van der Waals surface area contributed by atoms with Gasteiger partial charge >= 0.3 is 0 Å². The van der Waals surface area contributed by atoms with Gasteiger partial charge in [-0.25, -0.2) is 4.85 Å². The van der Waals surface area contributed by atoms with Gasteiger partial charge < -0.3 is 14.0 Å². The lowest BCUT2D eigenvalue weighted by molar-refractivity contribution is 1.17. The van der Waals surface area contributed by atoms with Crippen LogP contribution in [0.1, 0.15) is 11.1 Å². The van der Waals surface area contributed by atoms with E-state index in [1.54, 1.807) is 0 Å². The fraction of sp³-hybridized carbons (Fsp3) is 0.0196. The fourth-order valence-corrected chi connectivity index (χ4v) is 8.32. The third-order valence-corrected chi connectivity index (χ3v) is 10.8. The van der Waals surface area contributed by atoms with E-state index in [0.717, 1.165) is 72.4 Å². The van der Waals surface area contributed by atoms with Crippen molar-refractivity contribution in [2.75, 3.05) is 4.90 Å². The number of fused-ring (bicyclic) bond motifs is 6. The molecule has 10 rings (SSSR count). The van der Waals surface area contributed by atoms with Crippen molar-refractivity contribution in [3.8, 4) is 28.6 Å². The predicted octanol–water partition coefficient (Wildman–Crippen LogP) is 13.7. The van der Waals surface area contributed by atoms with Gasteiger partial charge in [0.15, 0.2) is 5.69 Å². The first-order chi connectivity index (χ1) is 27.6. The standard InChI is InChI=1S/C51H33N5/c1-34-21-27-50-45(29-34)43-17-9-11-19-48(43)55(50)38-22-25-41(35(30-38)33-52)42-26-23-40(32-47(42)53-2)56-49-20-12-10-18-44(49)46-31-39(24-28-51(46)56)54(36-13-5-3-6-14-36)37-15-7-4-8-16-37/h3-32H,1H3. The monoisotopic (exact) mass is 715 g/mol. The first-order valence-electron chi connectivity index (χ1n) is 18.6. The zero-order valence-electron chi connectivity index (χ0n) is 30.6. The van der Waals surface area contributed by atoms with Crippen LogP contribution < -0.4 is 4.90 Å². The molecular weight excluding hydrogens is 683 g/mol. The maximum absolute atomic E-state index is 10.5. The molecule has 0 saturated carbocycles. The quantitative estimate of drug-likeness (QED) is 0.161. The van der Waals surface area contributed by atoms with Crippen LogP contribution in [-0.2, 0) is 0 Å². The average molecular weight is 716 g/mol. The number of benzene rings is 8. The number of hydrogen-bond donors (Lipinski definition) is 0. The highest BCUT2D eigenvalue weighted by Crippen LogP contribution is 2.42. The summed E-state index contributed by atoms with van der Waals surface area (Å²) < 4.78 is 4.46. The van der Waals surface area contributed by atoms with Gasteiger partial charge in [-0.2, -0.15) is 5.26 Å². The minimum Gasteiger partial charge on any atom is -0.311 e. The van der Waals surface area contributed by atoms with Gasteiger partial charge in [-0.1, -0.05) is 96.6 Å². The Morgan fingerprint density at radius 3 is 1.61 bits per heavy atom. The largest absolute Gasteiger partial charge is 0.311 e. The van der Waals surface area contributed by atoms with Crippen molar-refractivity contribution in [1.29, 1.82) is 5.26 Å². The summed E-state index contributed by atoms with van der Waals surface area (Å²) in [6.45, 7) is 10.4. The number of aromatic nitrogens is 2. The number of nitrogens with zero attached hydrogens (tertiary/aromatic N) is 5. The van der Waals surface area contributed by atoms with Crippen LogP contribution in [-0.4, -0.2) is 9.13 Å². The summed E-state index contributed by atoms with van der Waals surface area (Å²) in [5.74, 6) is 0. The normalized spacial score (nSPS) is 11.3. The molecule has 262 valence electrons. The maximum Gasteiger partial charge on any atom is 0.197 e. The highest BCUT2D eigenvalue weighted by Gasteiger charge is 2.20. The van der Waals surface area contributed by atoms with E-state index >= 15 is 0 Å². The molecule has 0 atom stereocenters. The van der Waals surface area contributed by atoms with Gasteiger partial charge in [-0.05, 0) is 109 Å². The van der Waals surface area contributed by atoms with Gasteiger partial charge in [0, 0.05) is 50.0 Å². The van der Waals surface area contributed by atoms with Crippen molar-refractivity contribution in [2.45, 2.75) is 6.92 Å². The minimum absolute atomic E-state index is 0.487. The summed E-state index contributed by atoms with van der Waals surface area (Å²) in [4.78, 5) is 6.31. The molecular formula is C51H33N5. The molecule has 2 heterocycles. The second-order valence-corrected chi connectivity index (χ2v) is 14.1. The van der Waals surface area contributed by atoms with Gasteiger partial charge in [0.1, 0.15) is 0 Å². The molecule has 0 unspecified atom stereocenters. The summed E-state index contributed by atoms with van der Waals surface area (Å²) in [7, 11) is 0. The molecule has 0 radical (unpaired) electrons. The molecule has 0 aliphatic rings. The van der Waals surface area contributed by atoms with Crippen LogP contribution >= 0.6 is 0 Å². The molecule has 2 aromatic heterocycles. The van der Waals surface area contributed by atoms with Crippen LogP contribution in [0.15, 0.2) is 182 Å². The van der Waals surface area contributed by atoms with Crippen LogP contribution in [0.5, 0.6) is 0 Å². The second-order valence-electron chi connectivity index (χ2n) is 14.1. The van der Waals surface area contributed by atoms with Crippen molar-refractivity contribution in [1.82, 2.24) is 9.13 Å². The van der Waals surface area contributed by atoms with E-state index < -0.39 is 0 Å². The molecule has 10 aromatic rings. The Kier molecular flexibility index (Phi) is 7.73. The lowest BCUT2D eigenvalue weighted by Gasteiger charge is -2.25. The van der Waals surface area contributed by atoms with Gasteiger partial charge in [-0.15, -0.1) is 0 Å². The molecule has 0 aliphatic carbocycles. The third-order valence-electron chi connectivity index (χ3n) is 10.8. The smallest absolute Gasteiger partial charge is 0.197 e. The van der Waals surface area contributed by atoms with E-state index in [0.29, 0.717) is 11.3 Å². The zero-order valence-corrected chi connectivity index (χ0v) is 30.6. The Morgan fingerprint density at radius 1 is 0.482 bits per heavy atom. The van der Waals surface area contributed by atoms with E-state index in [2.05, 4.69) is 171 Å². The Morgan fingerprint density at radius 2 is 1.00 bits per heavy atom. The Bertz CT molecular complexity index is 3190. The van der Waals surface area contributed by atoms with E-state index in [1.807, 2.05) is 42.5 Å². The van der Waals surface area contributed by atoms with E-state index in [-0.39, 0.29) is 0 Å². The van der Waals surface area contributed by atoms with E-state index in [9.17, 15) is 5.26 Å². The van der Waals surface area contributed by atoms with Crippen molar-refractivity contribution >= 4 is 66.4 Å². The highest BCUT2D eigenvalue weighted by atomic mass is 15.1. The number of hydrogen-bond acceptors (Lipinski definition) is 2. The molecule has 8 aromatic carbocycles. The summed E-state index contributed by atoms with van der Waals surface area (Å²) in [5, 5.41) is 15.1. The molecule has 0 amide bonds. The highest BCUT2D eigenvalue weighted by molar-refractivity contribution is 6.11. The summed E-state index contributed by atoms with van der Waals surface area (Å²) in [5.41, 5.74) is 12.9. The summed E-state index contributed by atoms with van der Waals surface area (Å²) >= 11 is 0. The molecule has 0 aliphatic heterocycles. The van der Waals surface area contributed by atoms with Crippen LogP contribution in [0, 0.1) is 24.8 Å². The zero-order chi connectivity index (χ0) is 37.8. The Labute approximate surface area is 324 Å². The lowest BCUT2D eigenvalue weighted by Crippen LogP contribution is -2.09. The molecule has 5 nitrogen and oxygen atoms in total. The van der Waals surface area contributed by atoms with Crippen molar-refractivity contribution in [3.63, 3.8) is 0 Å². The van der Waals surface area contributed by atoms with Gasteiger partial charge in [0.25, 0.3) is 0 Å². The molecule has 5 heteroatoms. The molecule has 0 fully saturated rings. The van der Waals surface area contributed by atoms with Crippen LogP contribution in [0.3, 0.4) is 0 Å². The average Bonchev–Trinajstić information content (AvgIpc) is 3.76. The lowest BCUT2D eigenvalue weighted by atomic mass is 9.97. The second kappa shape index (κ2) is 13.2. The molecule has 0 spiro atoms. The molecule has 56 heavy (non-hydrogen) atoms. The van der Waals surface area contributed by atoms with Gasteiger partial charge in [0.05, 0.1) is 40.3 Å². The van der Waals surface area contributed by atoms with Crippen molar-refractivity contribution in [2.24, 2.45) is 0 Å². The van der Waals surface area contributed by atoms with E-state index in [1.165, 1.54) is 16.3 Å². The number of rotatable bonds is 6. The van der Waals surface area contributed by atoms with E-state index in [4.69, 9.17) is 6.57 Å². The molecule has 0 saturated heterocycles. The first-order valence-corrected chi connectivity index (χ1v) is 18.6. The van der Waals surface area contributed by atoms with Gasteiger partial charge in [0.2, 0.25) is 0 Å². The minimum atomic E-state index is 0.487. The first kappa shape index (κ1) is 32.8. The predicted molar refractivity (Wildman–Crippen MR) is 231 cm³/mol. The SMILES string of the molecule is [C-]#[N+]c1cc(-n2c3ccccc3c3cc(N(c4ccccc4)c4ccccc4)ccc32)ccc1-c1ccc(-n2c3ccccc3c3cc(C)ccc32)cc1C#N. The summed E-state index contributed by atoms with van der Waals surface area (Å²) in [6, 6.07) is 65.2. The number of aryl methyl sites for hydroxylation is 1. The van der Waals surface area contributed by atoms with Crippen molar-refractivity contribution in [3.05, 3.63) is 205 Å².